The van der Waals surface area contributed by atoms with Crippen LogP contribution >= 0.6 is 0 Å². The van der Waals surface area contributed by atoms with Gasteiger partial charge in [0.15, 0.2) is 0 Å². The molecular formula is C12H17BN2O2. The molecule has 1 heterocycles. The van der Waals surface area contributed by atoms with Gasteiger partial charge in [0.05, 0.1) is 17.4 Å². The Bertz CT molecular complexity index is 470. The monoisotopic (exact) mass is 232 g/mol. The third-order valence-electron chi connectivity index (χ3n) is 2.89. The lowest BCUT2D eigenvalue weighted by atomic mass is 9.83. The van der Waals surface area contributed by atoms with Crippen LogP contribution in [0.25, 0.3) is 11.0 Å². The Morgan fingerprint density at radius 2 is 1.94 bits per heavy atom. The van der Waals surface area contributed by atoms with Gasteiger partial charge in [0.1, 0.15) is 0 Å². The normalized spacial score (nSPS) is 10.9. The second-order valence-electron chi connectivity index (χ2n) is 4.26. The molecule has 0 radical (unpaired) electrons. The molecule has 0 aliphatic rings. The first-order valence-electron chi connectivity index (χ1n) is 6.03. The van der Waals surface area contributed by atoms with Crippen LogP contribution in [0.4, 0.5) is 0 Å². The van der Waals surface area contributed by atoms with Gasteiger partial charge < -0.3 is 14.6 Å². The zero-order chi connectivity index (χ0) is 12.1. The van der Waals surface area contributed by atoms with E-state index in [1.165, 1.54) is 0 Å². The molecule has 0 atom stereocenters. The highest BCUT2D eigenvalue weighted by Gasteiger charge is 2.05. The molecule has 0 aliphatic heterocycles. The van der Waals surface area contributed by atoms with Crippen LogP contribution in [-0.4, -0.2) is 26.7 Å². The van der Waals surface area contributed by atoms with Crippen molar-refractivity contribution in [3.63, 3.8) is 0 Å². The van der Waals surface area contributed by atoms with Crippen LogP contribution in [0.15, 0.2) is 30.6 Å². The number of unbranched alkanes of at least 4 members (excludes halogenated alkanes) is 2. The number of aryl methyl sites for hydroxylation is 1. The molecule has 0 bridgehead atoms. The molecule has 0 amide bonds. The van der Waals surface area contributed by atoms with E-state index in [1.54, 1.807) is 0 Å². The average Bonchev–Trinajstić information content (AvgIpc) is 2.72. The van der Waals surface area contributed by atoms with E-state index >= 15 is 0 Å². The summed E-state index contributed by atoms with van der Waals surface area (Å²) in [6, 6.07) is 8.08. The van der Waals surface area contributed by atoms with Gasteiger partial charge in [0.2, 0.25) is 0 Å². The number of hydrogen-bond acceptors (Lipinski definition) is 3. The maximum absolute atomic E-state index is 8.72. The number of nitrogens with zero attached hydrogens (tertiary/aromatic N) is 2. The first-order valence-corrected chi connectivity index (χ1v) is 6.03. The minimum absolute atomic E-state index is 0.463. The van der Waals surface area contributed by atoms with Crippen LogP contribution in [0.3, 0.4) is 0 Å². The third kappa shape index (κ3) is 3.31. The average molecular weight is 232 g/mol. The van der Waals surface area contributed by atoms with Gasteiger partial charge in [-0.25, -0.2) is 4.98 Å². The third-order valence-corrected chi connectivity index (χ3v) is 2.89. The minimum Gasteiger partial charge on any atom is -0.427 e. The predicted molar refractivity (Wildman–Crippen MR) is 68.6 cm³/mol. The van der Waals surface area contributed by atoms with Gasteiger partial charge in [-0.15, -0.1) is 0 Å². The van der Waals surface area contributed by atoms with Crippen molar-refractivity contribution in [1.29, 1.82) is 0 Å². The molecule has 0 saturated heterocycles. The molecule has 0 saturated carbocycles. The van der Waals surface area contributed by atoms with E-state index in [0.29, 0.717) is 6.32 Å². The fraction of sp³-hybridized carbons (Fsp3) is 0.417. The van der Waals surface area contributed by atoms with Gasteiger partial charge in [0.25, 0.3) is 0 Å². The molecule has 2 rings (SSSR count). The Morgan fingerprint density at radius 3 is 2.76 bits per heavy atom. The Labute approximate surface area is 101 Å². The Balaban J connectivity index is 1.83. The number of benzene rings is 1. The van der Waals surface area contributed by atoms with Crippen LogP contribution in [0.2, 0.25) is 6.32 Å². The van der Waals surface area contributed by atoms with E-state index in [4.69, 9.17) is 10.0 Å². The van der Waals surface area contributed by atoms with Crippen LogP contribution in [-0.2, 0) is 6.54 Å². The van der Waals surface area contributed by atoms with Crippen molar-refractivity contribution < 1.29 is 10.0 Å². The predicted octanol–water partition coefficient (Wildman–Crippen LogP) is 1.68. The van der Waals surface area contributed by atoms with E-state index in [1.807, 2.05) is 24.5 Å². The van der Waals surface area contributed by atoms with Crippen LogP contribution in [0.1, 0.15) is 19.3 Å². The highest BCUT2D eigenvalue weighted by molar-refractivity contribution is 6.40. The summed E-state index contributed by atoms with van der Waals surface area (Å²) in [5.41, 5.74) is 2.19. The summed E-state index contributed by atoms with van der Waals surface area (Å²) in [5, 5.41) is 17.4. The number of hydrogen-bond donors (Lipinski definition) is 2. The van der Waals surface area contributed by atoms with E-state index in [2.05, 4.69) is 15.6 Å². The Morgan fingerprint density at radius 1 is 1.12 bits per heavy atom. The molecule has 5 heteroatoms. The molecule has 0 fully saturated rings. The zero-order valence-electron chi connectivity index (χ0n) is 9.79. The van der Waals surface area contributed by atoms with Crippen LogP contribution in [0.5, 0.6) is 0 Å². The van der Waals surface area contributed by atoms with Gasteiger partial charge in [-0.05, 0) is 24.9 Å². The molecule has 1 aromatic carbocycles. The maximum Gasteiger partial charge on any atom is 0.451 e. The number of rotatable bonds is 6. The number of fused-ring (bicyclic) bond motifs is 1. The SMILES string of the molecule is OB(O)CCCCCn1cnc2ccccc21. The summed E-state index contributed by atoms with van der Waals surface area (Å²) in [4.78, 5) is 4.33. The van der Waals surface area contributed by atoms with E-state index < -0.39 is 7.12 Å². The molecule has 90 valence electrons. The van der Waals surface area contributed by atoms with Gasteiger partial charge in [-0.1, -0.05) is 25.0 Å². The standard InChI is InChI=1S/C12H17BN2O2/c16-13(17)8-4-1-5-9-15-10-14-11-6-2-3-7-12(11)15/h2-3,6-7,10,16-17H,1,4-5,8-9H2. The lowest BCUT2D eigenvalue weighted by Crippen LogP contribution is -2.09. The van der Waals surface area contributed by atoms with Crippen molar-refractivity contribution in [2.24, 2.45) is 0 Å². The number of imidazole rings is 1. The largest absolute Gasteiger partial charge is 0.451 e. The minimum atomic E-state index is -1.16. The second kappa shape index (κ2) is 5.84. The van der Waals surface area contributed by atoms with Crippen molar-refractivity contribution in [3.05, 3.63) is 30.6 Å². The van der Waals surface area contributed by atoms with Crippen LogP contribution in [0, 0.1) is 0 Å². The van der Waals surface area contributed by atoms with Gasteiger partial charge in [-0.2, -0.15) is 0 Å². The van der Waals surface area contributed by atoms with E-state index in [0.717, 1.165) is 36.8 Å². The van der Waals surface area contributed by atoms with Gasteiger partial charge >= 0.3 is 7.12 Å². The van der Waals surface area contributed by atoms with Crippen molar-refractivity contribution in [1.82, 2.24) is 9.55 Å². The van der Waals surface area contributed by atoms with Gasteiger partial charge in [0, 0.05) is 6.54 Å². The molecule has 2 aromatic rings. The lowest BCUT2D eigenvalue weighted by molar-refractivity contribution is 0.401. The molecule has 2 N–H and O–H groups in total. The first-order chi connectivity index (χ1) is 8.27. The van der Waals surface area contributed by atoms with Crippen molar-refractivity contribution in [2.45, 2.75) is 32.1 Å². The topological polar surface area (TPSA) is 58.3 Å². The van der Waals surface area contributed by atoms with Crippen molar-refractivity contribution in [3.8, 4) is 0 Å². The summed E-state index contributed by atoms with van der Waals surface area (Å²) in [5.74, 6) is 0. The quantitative estimate of drug-likeness (QED) is 0.588. The highest BCUT2D eigenvalue weighted by atomic mass is 16.4. The summed E-state index contributed by atoms with van der Waals surface area (Å²) in [7, 11) is -1.16. The Hall–Kier alpha value is -1.33. The van der Waals surface area contributed by atoms with Gasteiger partial charge in [-0.3, -0.25) is 0 Å². The van der Waals surface area contributed by atoms with E-state index in [9.17, 15) is 0 Å². The molecule has 17 heavy (non-hydrogen) atoms. The molecule has 0 unspecified atom stereocenters. The summed E-state index contributed by atoms with van der Waals surface area (Å²) in [6.07, 6.45) is 5.22. The van der Waals surface area contributed by atoms with E-state index in [-0.39, 0.29) is 0 Å². The highest BCUT2D eigenvalue weighted by Crippen LogP contribution is 2.13. The zero-order valence-corrected chi connectivity index (χ0v) is 9.79. The molecule has 4 nitrogen and oxygen atoms in total. The fourth-order valence-electron chi connectivity index (χ4n) is 1.97. The fourth-order valence-corrected chi connectivity index (χ4v) is 1.97. The molecule has 0 aliphatic carbocycles. The molecule has 0 spiro atoms. The smallest absolute Gasteiger partial charge is 0.427 e. The molecule has 1 aromatic heterocycles. The summed E-state index contributed by atoms with van der Waals surface area (Å²) >= 11 is 0. The summed E-state index contributed by atoms with van der Waals surface area (Å²) in [6.45, 7) is 0.933. The summed E-state index contributed by atoms with van der Waals surface area (Å²) < 4.78 is 2.14. The van der Waals surface area contributed by atoms with Crippen molar-refractivity contribution in [2.75, 3.05) is 0 Å². The lowest BCUT2D eigenvalue weighted by Gasteiger charge is -2.04. The maximum atomic E-state index is 8.72. The number of para-hydroxylation sites is 2. The Kier molecular flexibility index (Phi) is 4.17. The number of aromatic nitrogens is 2. The van der Waals surface area contributed by atoms with Crippen molar-refractivity contribution >= 4 is 18.2 Å². The first kappa shape index (κ1) is 12.1. The van der Waals surface area contributed by atoms with Crippen LogP contribution < -0.4 is 0 Å². The second-order valence-corrected chi connectivity index (χ2v) is 4.26. The molecular weight excluding hydrogens is 215 g/mol.